The van der Waals surface area contributed by atoms with Crippen molar-refractivity contribution >= 4 is 28.5 Å². The third kappa shape index (κ3) is 4.41. The van der Waals surface area contributed by atoms with Crippen molar-refractivity contribution in [2.45, 2.75) is 33.6 Å². The first-order valence-electron chi connectivity index (χ1n) is 9.01. The minimum absolute atomic E-state index is 0.0364. The number of nitrogens with one attached hydrogen (secondary N) is 1. The largest absolute Gasteiger partial charge is 0.318 e. The topological polar surface area (TPSA) is 83.6 Å². The molecule has 3 rings (SSSR count). The number of halogens is 1. The molecule has 0 aliphatic rings. The van der Waals surface area contributed by atoms with Crippen molar-refractivity contribution in [3.63, 3.8) is 0 Å². The molecule has 2 heterocycles. The molecule has 8 heteroatoms. The van der Waals surface area contributed by atoms with Crippen LogP contribution in [0.4, 0.5) is 9.52 Å². The van der Waals surface area contributed by atoms with Gasteiger partial charge in [-0.1, -0.05) is 25.2 Å². The number of rotatable bonds is 5. The molecule has 148 valence electrons. The van der Waals surface area contributed by atoms with Crippen molar-refractivity contribution < 1.29 is 9.18 Å². The fourth-order valence-electron chi connectivity index (χ4n) is 2.91. The number of aromatic nitrogens is 3. The zero-order valence-corrected chi connectivity index (χ0v) is 17.3. The summed E-state index contributed by atoms with van der Waals surface area (Å²) in [6, 6.07) is 9.98. The molecule has 1 aromatic carbocycles. The fraction of sp³-hybridized carbons (Fsp3) is 0.238. The van der Waals surface area contributed by atoms with Gasteiger partial charge in [0.25, 0.3) is 5.91 Å². The van der Waals surface area contributed by atoms with Crippen LogP contribution < -0.4 is 5.32 Å². The van der Waals surface area contributed by atoms with Crippen molar-refractivity contribution in [1.82, 2.24) is 14.8 Å². The third-order valence-corrected chi connectivity index (χ3v) is 5.51. The minimum atomic E-state index is -0.537. The smallest absolute Gasteiger partial charge is 0.268 e. The highest BCUT2D eigenvalue weighted by Crippen LogP contribution is 2.25. The summed E-state index contributed by atoms with van der Waals surface area (Å²) in [5, 5.41) is 21.3. The third-order valence-electron chi connectivity index (χ3n) is 4.38. The standard InChI is InChI=1S/C21H20FN5OS/c1-12(2)20-25-26-21(29-20)24-19(28)16(11-23)10-15-9-13(3)27(14(15)4)18-7-5-17(22)6-8-18/h5-10,12H,1-4H3,(H,24,26,28)/b16-10-. The van der Waals surface area contributed by atoms with Gasteiger partial charge < -0.3 is 4.57 Å². The quantitative estimate of drug-likeness (QED) is 0.487. The zero-order valence-electron chi connectivity index (χ0n) is 16.5. The molecule has 0 unspecified atom stereocenters. The van der Waals surface area contributed by atoms with Crippen molar-refractivity contribution in [3.8, 4) is 11.8 Å². The van der Waals surface area contributed by atoms with Crippen molar-refractivity contribution in [2.24, 2.45) is 0 Å². The Kier molecular flexibility index (Phi) is 5.89. The summed E-state index contributed by atoms with van der Waals surface area (Å²) in [6.07, 6.45) is 1.54. The van der Waals surface area contributed by atoms with Gasteiger partial charge in [-0.2, -0.15) is 5.26 Å². The monoisotopic (exact) mass is 409 g/mol. The lowest BCUT2D eigenvalue weighted by Crippen LogP contribution is -2.13. The molecule has 0 spiro atoms. The lowest BCUT2D eigenvalue weighted by molar-refractivity contribution is -0.112. The van der Waals surface area contributed by atoms with E-state index in [-0.39, 0.29) is 17.3 Å². The first-order valence-corrected chi connectivity index (χ1v) is 9.83. The molecule has 0 radical (unpaired) electrons. The molecular weight excluding hydrogens is 389 g/mol. The second-order valence-electron chi connectivity index (χ2n) is 6.86. The van der Waals surface area contributed by atoms with Gasteiger partial charge in [-0.25, -0.2) is 4.39 Å². The van der Waals surface area contributed by atoms with Gasteiger partial charge >= 0.3 is 0 Å². The van der Waals surface area contributed by atoms with E-state index >= 15 is 0 Å². The second kappa shape index (κ2) is 8.37. The average Bonchev–Trinajstić information content (AvgIpc) is 3.25. The molecule has 0 fully saturated rings. The summed E-state index contributed by atoms with van der Waals surface area (Å²) in [7, 11) is 0. The summed E-state index contributed by atoms with van der Waals surface area (Å²) >= 11 is 1.29. The Hall–Kier alpha value is -3.31. The van der Waals surface area contributed by atoms with Gasteiger partial charge in [0.15, 0.2) is 0 Å². The van der Waals surface area contributed by atoms with E-state index < -0.39 is 5.91 Å². The maximum atomic E-state index is 13.2. The zero-order chi connectivity index (χ0) is 21.1. The molecule has 0 atom stereocenters. The van der Waals surface area contributed by atoms with E-state index in [0.29, 0.717) is 5.13 Å². The highest BCUT2D eigenvalue weighted by atomic mass is 32.1. The Labute approximate surface area is 172 Å². The van der Waals surface area contributed by atoms with Crippen LogP contribution in [0.1, 0.15) is 41.7 Å². The van der Waals surface area contributed by atoms with Crippen molar-refractivity contribution in [1.29, 1.82) is 5.26 Å². The fourth-order valence-corrected chi connectivity index (χ4v) is 3.65. The van der Waals surface area contributed by atoms with E-state index in [1.165, 1.54) is 23.5 Å². The molecule has 0 saturated carbocycles. The average molecular weight is 409 g/mol. The summed E-state index contributed by atoms with van der Waals surface area (Å²) in [6.45, 7) is 7.77. The molecule has 0 aliphatic heterocycles. The molecule has 0 saturated heterocycles. The molecular formula is C21H20FN5OS. The molecule has 29 heavy (non-hydrogen) atoms. The number of amides is 1. The SMILES string of the molecule is Cc1cc(/C=C(/C#N)C(=O)Nc2nnc(C(C)C)s2)c(C)n1-c1ccc(F)cc1. The highest BCUT2D eigenvalue weighted by molar-refractivity contribution is 7.15. The predicted octanol–water partition coefficient (Wildman–Crippen LogP) is 4.75. The van der Waals surface area contributed by atoms with Gasteiger partial charge in [0.2, 0.25) is 5.13 Å². The van der Waals surface area contributed by atoms with Crippen LogP contribution in [0, 0.1) is 31.0 Å². The Morgan fingerprint density at radius 2 is 1.97 bits per heavy atom. The van der Waals surface area contributed by atoms with Gasteiger partial charge in [-0.15, -0.1) is 10.2 Å². The molecule has 0 bridgehead atoms. The number of hydrogen-bond acceptors (Lipinski definition) is 5. The number of nitriles is 1. The van der Waals surface area contributed by atoms with E-state index in [4.69, 9.17) is 0 Å². The number of benzene rings is 1. The Morgan fingerprint density at radius 3 is 2.55 bits per heavy atom. The summed E-state index contributed by atoms with van der Waals surface area (Å²) in [5.74, 6) is -0.636. The number of carbonyl (C=O) groups excluding carboxylic acids is 1. The van der Waals surface area contributed by atoms with E-state index in [2.05, 4.69) is 15.5 Å². The summed E-state index contributed by atoms with van der Waals surface area (Å²) < 4.78 is 15.2. The van der Waals surface area contributed by atoms with Crippen LogP contribution in [0.2, 0.25) is 0 Å². The molecule has 0 aliphatic carbocycles. The van der Waals surface area contributed by atoms with Crippen molar-refractivity contribution in [3.05, 3.63) is 63.7 Å². The van der Waals surface area contributed by atoms with Crippen LogP contribution in [0.5, 0.6) is 0 Å². The Morgan fingerprint density at radius 1 is 1.28 bits per heavy atom. The second-order valence-corrected chi connectivity index (χ2v) is 7.87. The van der Waals surface area contributed by atoms with Gasteiger partial charge in [0, 0.05) is 23.0 Å². The predicted molar refractivity (Wildman–Crippen MR) is 111 cm³/mol. The molecule has 2 aromatic heterocycles. The van der Waals surface area contributed by atoms with Crippen LogP contribution in [0.15, 0.2) is 35.9 Å². The van der Waals surface area contributed by atoms with Crippen LogP contribution in [-0.2, 0) is 4.79 Å². The first kappa shape index (κ1) is 20.4. The minimum Gasteiger partial charge on any atom is -0.318 e. The molecule has 3 aromatic rings. The molecule has 1 amide bonds. The van der Waals surface area contributed by atoms with E-state index in [0.717, 1.165) is 27.6 Å². The normalized spacial score (nSPS) is 11.6. The number of hydrogen-bond donors (Lipinski definition) is 1. The van der Waals surface area contributed by atoms with E-state index in [1.807, 2.05) is 44.4 Å². The highest BCUT2D eigenvalue weighted by Gasteiger charge is 2.16. The van der Waals surface area contributed by atoms with Crippen molar-refractivity contribution in [2.75, 3.05) is 5.32 Å². The van der Waals surface area contributed by atoms with Gasteiger partial charge in [0.05, 0.1) is 0 Å². The maximum Gasteiger partial charge on any atom is 0.268 e. The van der Waals surface area contributed by atoms with Gasteiger partial charge in [-0.05, 0) is 55.8 Å². The maximum absolute atomic E-state index is 13.2. The van der Waals surface area contributed by atoms with Crippen LogP contribution >= 0.6 is 11.3 Å². The number of carbonyl (C=O) groups is 1. The lowest BCUT2D eigenvalue weighted by Gasteiger charge is -2.09. The van der Waals surface area contributed by atoms with E-state index in [9.17, 15) is 14.4 Å². The Bertz CT molecular complexity index is 1120. The van der Waals surface area contributed by atoms with Crippen LogP contribution in [-0.4, -0.2) is 20.7 Å². The van der Waals surface area contributed by atoms with Gasteiger partial charge in [0.1, 0.15) is 22.5 Å². The molecule has 1 N–H and O–H groups in total. The number of nitrogens with zero attached hydrogens (tertiary/aromatic N) is 4. The van der Waals surface area contributed by atoms with E-state index in [1.54, 1.807) is 18.2 Å². The number of anilines is 1. The number of aryl methyl sites for hydroxylation is 1. The summed E-state index contributed by atoms with van der Waals surface area (Å²) in [5.41, 5.74) is 3.25. The van der Waals surface area contributed by atoms with Crippen LogP contribution in [0.3, 0.4) is 0 Å². The van der Waals surface area contributed by atoms with Crippen LogP contribution in [0.25, 0.3) is 11.8 Å². The summed E-state index contributed by atoms with van der Waals surface area (Å²) in [4.78, 5) is 12.5. The molecule has 6 nitrogen and oxygen atoms in total. The first-order chi connectivity index (χ1) is 13.8. The lowest BCUT2D eigenvalue weighted by atomic mass is 10.1. The Balaban J connectivity index is 1.89. The van der Waals surface area contributed by atoms with Gasteiger partial charge in [-0.3, -0.25) is 10.1 Å².